The van der Waals surface area contributed by atoms with Crippen LogP contribution in [0.4, 0.5) is 5.69 Å². The number of carbonyl (C=O) groups is 2. The molecule has 1 fully saturated rings. The molecule has 0 radical (unpaired) electrons. The number of nitrogens with one attached hydrogen (secondary N) is 1. The van der Waals surface area contributed by atoms with Gasteiger partial charge in [-0.2, -0.15) is 0 Å². The van der Waals surface area contributed by atoms with Gasteiger partial charge < -0.3 is 10.2 Å². The molecule has 1 N–H and O–H groups in total. The maximum atomic E-state index is 12.5. The van der Waals surface area contributed by atoms with Crippen LogP contribution in [0.3, 0.4) is 0 Å². The van der Waals surface area contributed by atoms with E-state index in [-0.39, 0.29) is 11.8 Å². The molecule has 2 aromatic carbocycles. The lowest BCUT2D eigenvalue weighted by atomic mass is 10.1. The van der Waals surface area contributed by atoms with Crippen molar-refractivity contribution in [3.8, 4) is 0 Å². The predicted octanol–water partition coefficient (Wildman–Crippen LogP) is 3.88. The van der Waals surface area contributed by atoms with Gasteiger partial charge >= 0.3 is 0 Å². The summed E-state index contributed by atoms with van der Waals surface area (Å²) in [4.78, 5) is 26.6. The minimum atomic E-state index is -0.610. The van der Waals surface area contributed by atoms with Crippen LogP contribution in [0.25, 0.3) is 0 Å². The topological polar surface area (TPSA) is 49.4 Å². The van der Waals surface area contributed by atoms with Gasteiger partial charge in [0.15, 0.2) is 0 Å². The van der Waals surface area contributed by atoms with Gasteiger partial charge in [0, 0.05) is 27.7 Å². The zero-order valence-electron chi connectivity index (χ0n) is 12.8. The Morgan fingerprint density at radius 3 is 2.58 bits per heavy atom. The van der Waals surface area contributed by atoms with Gasteiger partial charge in [0.1, 0.15) is 5.92 Å². The molecule has 4 nitrogen and oxygen atoms in total. The van der Waals surface area contributed by atoms with Gasteiger partial charge in [-0.1, -0.05) is 44.0 Å². The van der Waals surface area contributed by atoms with Gasteiger partial charge in [0.25, 0.3) is 0 Å². The Morgan fingerprint density at radius 2 is 1.88 bits per heavy atom. The highest BCUT2D eigenvalue weighted by Gasteiger charge is 2.37. The fourth-order valence-corrected chi connectivity index (χ4v) is 3.47. The van der Waals surface area contributed by atoms with E-state index in [4.69, 9.17) is 0 Å². The van der Waals surface area contributed by atoms with Crippen LogP contribution in [0.1, 0.15) is 12.0 Å². The number of anilines is 1. The van der Waals surface area contributed by atoms with Gasteiger partial charge in [0.05, 0.1) is 0 Å². The lowest BCUT2D eigenvalue weighted by Gasteiger charge is -2.17. The third-order valence-corrected chi connectivity index (χ3v) is 5.04. The standard InChI is InChI=1S/C18H16Br2N2O2/c19-13-4-6-15(7-5-13)22-9-8-16(18(22)24)17(23)21-11-12-2-1-3-14(20)10-12/h1-7,10,16H,8-9,11H2,(H,21,23). The van der Waals surface area contributed by atoms with Gasteiger partial charge in [-0.05, 0) is 48.4 Å². The van der Waals surface area contributed by atoms with Crippen molar-refractivity contribution in [2.75, 3.05) is 11.4 Å². The lowest BCUT2D eigenvalue weighted by molar-refractivity contribution is -0.132. The monoisotopic (exact) mass is 450 g/mol. The summed E-state index contributed by atoms with van der Waals surface area (Å²) in [5.74, 6) is -0.954. The second kappa shape index (κ2) is 7.49. The maximum absolute atomic E-state index is 12.5. The van der Waals surface area contributed by atoms with Gasteiger partial charge in [-0.3, -0.25) is 9.59 Å². The summed E-state index contributed by atoms with van der Waals surface area (Å²) < 4.78 is 1.92. The highest BCUT2D eigenvalue weighted by molar-refractivity contribution is 9.10. The van der Waals surface area contributed by atoms with Crippen molar-refractivity contribution in [1.82, 2.24) is 5.32 Å². The van der Waals surface area contributed by atoms with Crippen molar-refractivity contribution >= 4 is 49.4 Å². The van der Waals surface area contributed by atoms with Crippen LogP contribution in [0.5, 0.6) is 0 Å². The average Bonchev–Trinajstić information content (AvgIpc) is 2.95. The van der Waals surface area contributed by atoms with Crippen molar-refractivity contribution in [1.29, 1.82) is 0 Å². The van der Waals surface area contributed by atoms with E-state index in [1.54, 1.807) is 4.90 Å². The van der Waals surface area contributed by atoms with Crippen LogP contribution in [0.15, 0.2) is 57.5 Å². The van der Waals surface area contributed by atoms with Crippen LogP contribution in [0, 0.1) is 5.92 Å². The predicted molar refractivity (Wildman–Crippen MR) is 101 cm³/mol. The Labute approximate surface area is 157 Å². The molecular formula is C18H16Br2N2O2. The molecule has 2 aromatic rings. The molecule has 2 amide bonds. The molecule has 1 heterocycles. The second-order valence-corrected chi connectivity index (χ2v) is 7.49. The first-order chi connectivity index (χ1) is 11.5. The SMILES string of the molecule is O=C(NCc1cccc(Br)c1)C1CCN(c2ccc(Br)cc2)C1=O. The molecule has 1 unspecified atom stereocenters. The Bertz CT molecular complexity index is 762. The van der Waals surface area contributed by atoms with Crippen molar-refractivity contribution < 1.29 is 9.59 Å². The third kappa shape index (κ3) is 3.87. The van der Waals surface area contributed by atoms with Crippen LogP contribution >= 0.6 is 31.9 Å². The van der Waals surface area contributed by atoms with E-state index in [0.29, 0.717) is 19.5 Å². The first-order valence-electron chi connectivity index (χ1n) is 7.64. The van der Waals surface area contributed by atoms with E-state index >= 15 is 0 Å². The molecule has 0 aliphatic carbocycles. The largest absolute Gasteiger partial charge is 0.351 e. The number of benzene rings is 2. The van der Waals surface area contributed by atoms with Gasteiger partial charge in [-0.25, -0.2) is 0 Å². The number of rotatable bonds is 4. The molecule has 0 spiro atoms. The van der Waals surface area contributed by atoms with Gasteiger partial charge in [0.2, 0.25) is 11.8 Å². The number of carbonyl (C=O) groups excluding carboxylic acids is 2. The zero-order valence-corrected chi connectivity index (χ0v) is 16.0. The van der Waals surface area contributed by atoms with E-state index < -0.39 is 5.92 Å². The van der Waals surface area contributed by atoms with Crippen molar-refractivity contribution in [2.24, 2.45) is 5.92 Å². The molecule has 0 bridgehead atoms. The average molecular weight is 452 g/mol. The number of amides is 2. The summed E-state index contributed by atoms with van der Waals surface area (Å²) in [5.41, 5.74) is 1.82. The molecule has 6 heteroatoms. The highest BCUT2D eigenvalue weighted by Crippen LogP contribution is 2.26. The minimum absolute atomic E-state index is 0.135. The van der Waals surface area contributed by atoms with Crippen molar-refractivity contribution in [3.63, 3.8) is 0 Å². The third-order valence-electron chi connectivity index (χ3n) is 4.02. The fourth-order valence-electron chi connectivity index (χ4n) is 2.76. The first kappa shape index (κ1) is 17.2. The van der Waals surface area contributed by atoms with E-state index in [2.05, 4.69) is 37.2 Å². The van der Waals surface area contributed by atoms with Crippen LogP contribution < -0.4 is 10.2 Å². The molecule has 1 atom stereocenters. The normalized spacial score (nSPS) is 17.2. The Kier molecular flexibility index (Phi) is 5.36. The van der Waals surface area contributed by atoms with E-state index in [0.717, 1.165) is 20.2 Å². The molecule has 0 aromatic heterocycles. The smallest absolute Gasteiger partial charge is 0.239 e. The zero-order chi connectivity index (χ0) is 17.1. The quantitative estimate of drug-likeness (QED) is 0.717. The summed E-state index contributed by atoms with van der Waals surface area (Å²) in [6.07, 6.45) is 0.541. The molecule has 124 valence electrons. The van der Waals surface area contributed by atoms with Crippen LogP contribution in [-0.4, -0.2) is 18.4 Å². The number of halogens is 2. The molecule has 24 heavy (non-hydrogen) atoms. The van der Waals surface area contributed by atoms with Gasteiger partial charge in [-0.15, -0.1) is 0 Å². The Hall–Kier alpha value is -1.66. The molecule has 1 aliphatic rings. The highest BCUT2D eigenvalue weighted by atomic mass is 79.9. The number of hydrogen-bond donors (Lipinski definition) is 1. The summed E-state index contributed by atoms with van der Waals surface area (Å²) in [6, 6.07) is 15.3. The molecule has 3 rings (SSSR count). The number of nitrogens with zero attached hydrogens (tertiary/aromatic N) is 1. The van der Waals surface area contributed by atoms with Crippen molar-refractivity contribution in [3.05, 3.63) is 63.0 Å². The molecule has 1 aliphatic heterocycles. The van der Waals surface area contributed by atoms with E-state index in [9.17, 15) is 9.59 Å². The minimum Gasteiger partial charge on any atom is -0.351 e. The summed E-state index contributed by atoms with van der Waals surface area (Å²) in [5, 5.41) is 2.86. The van der Waals surface area contributed by atoms with Crippen LogP contribution in [-0.2, 0) is 16.1 Å². The fraction of sp³-hybridized carbons (Fsp3) is 0.222. The molecular weight excluding hydrogens is 436 g/mol. The summed E-state index contributed by atoms with van der Waals surface area (Å²) in [6.45, 7) is 0.982. The molecule has 0 saturated carbocycles. The summed E-state index contributed by atoms with van der Waals surface area (Å²) >= 11 is 6.79. The Balaban J connectivity index is 1.62. The molecule has 1 saturated heterocycles. The first-order valence-corrected chi connectivity index (χ1v) is 9.22. The Morgan fingerprint density at radius 1 is 1.12 bits per heavy atom. The number of hydrogen-bond acceptors (Lipinski definition) is 2. The second-order valence-electron chi connectivity index (χ2n) is 5.66. The van der Waals surface area contributed by atoms with E-state index in [1.807, 2.05) is 48.5 Å². The van der Waals surface area contributed by atoms with Crippen molar-refractivity contribution in [2.45, 2.75) is 13.0 Å². The van der Waals surface area contributed by atoms with Crippen LogP contribution in [0.2, 0.25) is 0 Å². The van der Waals surface area contributed by atoms with E-state index in [1.165, 1.54) is 0 Å². The summed E-state index contributed by atoms with van der Waals surface area (Å²) in [7, 11) is 0. The maximum Gasteiger partial charge on any atom is 0.239 e. The lowest BCUT2D eigenvalue weighted by Crippen LogP contribution is -2.36.